The van der Waals surface area contributed by atoms with Gasteiger partial charge in [0.05, 0.1) is 18.5 Å². The SMILES string of the molecule is CC(C)C(CC(=O)[C@H](CC(=O)O)NC(=O)C(CCCCN)NC(=O)[C@@H](N)CCCN=C(N)N)C(=O)NC(Cc1ccc(O)cc1)C(=O)O. The first kappa shape index (κ1) is 41.3. The zero-order valence-corrected chi connectivity index (χ0v) is 27.4. The van der Waals surface area contributed by atoms with Gasteiger partial charge in [0.2, 0.25) is 17.7 Å². The molecule has 1 aromatic rings. The lowest BCUT2D eigenvalue weighted by atomic mass is 9.87. The lowest BCUT2D eigenvalue weighted by molar-refractivity contribution is -0.144. The molecular formula is C31H50N8O9. The van der Waals surface area contributed by atoms with Crippen LogP contribution >= 0.6 is 0 Å². The predicted molar refractivity (Wildman–Crippen MR) is 176 cm³/mol. The molecule has 1 aromatic carbocycles. The van der Waals surface area contributed by atoms with E-state index >= 15 is 0 Å². The van der Waals surface area contributed by atoms with Gasteiger partial charge in [-0.2, -0.15) is 0 Å². The lowest BCUT2D eigenvalue weighted by Gasteiger charge is -2.26. The van der Waals surface area contributed by atoms with E-state index < -0.39 is 84.3 Å². The number of phenolic OH excluding ortho intramolecular Hbond substituents is 1. The van der Waals surface area contributed by atoms with Crippen LogP contribution in [0, 0.1) is 11.8 Å². The summed E-state index contributed by atoms with van der Waals surface area (Å²) in [5, 5.41) is 36.1. The highest BCUT2D eigenvalue weighted by Crippen LogP contribution is 2.19. The number of amides is 3. The number of carboxylic acids is 2. The molecule has 17 heteroatoms. The van der Waals surface area contributed by atoms with Crippen LogP contribution in [0.3, 0.4) is 0 Å². The van der Waals surface area contributed by atoms with Crippen molar-refractivity contribution in [1.29, 1.82) is 0 Å². The average Bonchev–Trinajstić information content (AvgIpc) is 3.00. The fourth-order valence-electron chi connectivity index (χ4n) is 4.72. The summed E-state index contributed by atoms with van der Waals surface area (Å²) < 4.78 is 0. The van der Waals surface area contributed by atoms with Gasteiger partial charge in [-0.3, -0.25) is 29.0 Å². The van der Waals surface area contributed by atoms with Crippen LogP contribution in [0.1, 0.15) is 64.4 Å². The molecule has 1 rings (SSSR count). The lowest BCUT2D eigenvalue weighted by Crippen LogP contribution is -2.55. The van der Waals surface area contributed by atoms with Gasteiger partial charge < -0.3 is 54.2 Å². The minimum Gasteiger partial charge on any atom is -0.508 e. The number of Topliss-reactive ketones (excluding diaryl/α,β-unsaturated/α-hetero) is 1. The minimum atomic E-state index is -1.56. The fourth-order valence-corrected chi connectivity index (χ4v) is 4.72. The Bertz CT molecular complexity index is 1270. The Morgan fingerprint density at radius 1 is 0.792 bits per heavy atom. The van der Waals surface area contributed by atoms with Crippen LogP contribution in [-0.4, -0.2) is 94.0 Å². The van der Waals surface area contributed by atoms with Gasteiger partial charge in [-0.25, -0.2) is 4.79 Å². The van der Waals surface area contributed by atoms with E-state index in [4.69, 9.17) is 22.9 Å². The van der Waals surface area contributed by atoms with E-state index in [1.54, 1.807) is 13.8 Å². The number of aromatic hydroxyl groups is 1. The molecular weight excluding hydrogens is 628 g/mol. The number of guanidine groups is 1. The van der Waals surface area contributed by atoms with Crippen molar-refractivity contribution in [3.05, 3.63) is 29.8 Å². The topological polar surface area (TPSA) is 316 Å². The normalized spacial score (nSPS) is 14.1. The summed E-state index contributed by atoms with van der Waals surface area (Å²) in [6.45, 7) is 3.85. The van der Waals surface area contributed by atoms with E-state index in [0.717, 1.165) is 0 Å². The van der Waals surface area contributed by atoms with E-state index in [0.29, 0.717) is 31.4 Å². The number of phenols is 1. The third-order valence-corrected chi connectivity index (χ3v) is 7.52. The van der Waals surface area contributed by atoms with Crippen molar-refractivity contribution in [2.45, 2.75) is 89.4 Å². The van der Waals surface area contributed by atoms with Gasteiger partial charge >= 0.3 is 11.9 Å². The Hall–Kier alpha value is -4.77. The largest absolute Gasteiger partial charge is 0.508 e. The Balaban J connectivity index is 3.07. The molecule has 0 fully saturated rings. The summed E-state index contributed by atoms with van der Waals surface area (Å²) >= 11 is 0. The second-order valence-electron chi connectivity index (χ2n) is 11.9. The number of rotatable bonds is 23. The Labute approximate surface area is 279 Å². The van der Waals surface area contributed by atoms with Gasteiger partial charge in [0.1, 0.15) is 17.8 Å². The Morgan fingerprint density at radius 2 is 1.40 bits per heavy atom. The number of benzene rings is 1. The molecule has 3 amide bonds. The van der Waals surface area contributed by atoms with Crippen LogP contribution in [0.2, 0.25) is 0 Å². The highest BCUT2D eigenvalue weighted by Gasteiger charge is 2.34. The van der Waals surface area contributed by atoms with Gasteiger partial charge in [0, 0.05) is 25.3 Å². The first-order valence-corrected chi connectivity index (χ1v) is 15.7. The zero-order chi connectivity index (χ0) is 36.4. The van der Waals surface area contributed by atoms with Gasteiger partial charge in [-0.05, 0) is 62.3 Å². The maximum Gasteiger partial charge on any atom is 0.326 e. The van der Waals surface area contributed by atoms with Crippen molar-refractivity contribution in [2.24, 2.45) is 39.8 Å². The number of hydrogen-bond acceptors (Lipinski definition) is 10. The van der Waals surface area contributed by atoms with Crippen LogP contribution in [-0.2, 0) is 35.2 Å². The van der Waals surface area contributed by atoms with E-state index in [1.807, 2.05) is 0 Å². The van der Waals surface area contributed by atoms with Gasteiger partial charge in [0.15, 0.2) is 11.7 Å². The first-order valence-electron chi connectivity index (χ1n) is 15.7. The van der Waals surface area contributed by atoms with Crippen LogP contribution in [0.25, 0.3) is 0 Å². The minimum absolute atomic E-state index is 0.0140. The molecule has 0 saturated carbocycles. The Morgan fingerprint density at radius 3 is 1.94 bits per heavy atom. The van der Waals surface area contributed by atoms with Crippen LogP contribution in [0.4, 0.5) is 0 Å². The maximum atomic E-state index is 13.4. The molecule has 0 aliphatic rings. The molecule has 0 saturated heterocycles. The van der Waals surface area contributed by atoms with E-state index in [2.05, 4.69) is 20.9 Å². The first-order chi connectivity index (χ1) is 22.5. The highest BCUT2D eigenvalue weighted by molar-refractivity contribution is 5.97. The number of carboxylic acid groups (broad SMARTS) is 2. The van der Waals surface area contributed by atoms with Gasteiger partial charge in [-0.1, -0.05) is 26.0 Å². The molecule has 0 bridgehead atoms. The van der Waals surface area contributed by atoms with Gasteiger partial charge in [-0.15, -0.1) is 0 Å². The maximum absolute atomic E-state index is 13.4. The standard InChI is InChI=1S/C31H50N8O9/c1-17(2)20(27(44)39-24(30(47)48)14-18-8-10-19(40)11-9-18)15-25(41)23(16-26(42)43)38-29(46)22(7-3-4-12-32)37-28(45)21(33)6-5-13-36-31(34)35/h8-11,17,20-24,40H,3-7,12-16,32-33H2,1-2H3,(H,37,45)(H,38,46)(H,39,44)(H,42,43)(H,47,48)(H4,34,35,36)/t20?,21-,22?,23-,24?/m0/s1. The molecule has 0 aliphatic heterocycles. The number of carbonyl (C=O) groups is 6. The molecule has 3 unspecified atom stereocenters. The third kappa shape index (κ3) is 15.7. The number of nitrogens with two attached hydrogens (primary N) is 4. The van der Waals surface area contributed by atoms with Gasteiger partial charge in [0.25, 0.3) is 0 Å². The highest BCUT2D eigenvalue weighted by atomic mass is 16.4. The monoisotopic (exact) mass is 678 g/mol. The quantitative estimate of drug-likeness (QED) is 0.0366. The fraction of sp³-hybridized carbons (Fsp3) is 0.581. The number of nitrogens with one attached hydrogen (secondary N) is 3. The predicted octanol–water partition coefficient (Wildman–Crippen LogP) is -1.31. The summed E-state index contributed by atoms with van der Waals surface area (Å²) in [6.07, 6.45) is 0.263. The van der Waals surface area contributed by atoms with E-state index in [-0.39, 0.29) is 37.5 Å². The summed E-state index contributed by atoms with van der Waals surface area (Å²) in [7, 11) is 0. The number of nitrogens with zero attached hydrogens (tertiary/aromatic N) is 1. The molecule has 17 nitrogen and oxygen atoms in total. The van der Waals surface area contributed by atoms with Crippen LogP contribution in [0.5, 0.6) is 5.75 Å². The number of aliphatic imine (C=N–C) groups is 1. The zero-order valence-electron chi connectivity index (χ0n) is 27.4. The molecule has 5 atom stereocenters. The van der Waals surface area contributed by atoms with E-state index in [1.165, 1.54) is 24.3 Å². The van der Waals surface area contributed by atoms with E-state index in [9.17, 15) is 44.1 Å². The van der Waals surface area contributed by atoms with Crippen LogP contribution in [0.15, 0.2) is 29.3 Å². The molecule has 48 heavy (non-hydrogen) atoms. The molecule has 0 aliphatic carbocycles. The second kappa shape index (κ2) is 21.2. The van der Waals surface area contributed by atoms with Crippen LogP contribution < -0.4 is 38.9 Å². The molecule has 0 radical (unpaired) electrons. The molecule has 268 valence electrons. The van der Waals surface area contributed by atoms with Crippen molar-refractivity contribution in [3.8, 4) is 5.75 Å². The number of carbonyl (C=O) groups excluding carboxylic acids is 4. The van der Waals surface area contributed by atoms with Crippen molar-refractivity contribution in [2.75, 3.05) is 13.1 Å². The molecule has 0 spiro atoms. The molecule has 0 aromatic heterocycles. The summed E-state index contributed by atoms with van der Waals surface area (Å²) in [5.41, 5.74) is 22.7. The second-order valence-corrected chi connectivity index (χ2v) is 11.9. The smallest absolute Gasteiger partial charge is 0.326 e. The summed E-state index contributed by atoms with van der Waals surface area (Å²) in [5.74, 6) is -7.37. The van der Waals surface area contributed by atoms with Crippen molar-refractivity contribution >= 4 is 41.4 Å². The van der Waals surface area contributed by atoms with Crippen molar-refractivity contribution in [3.63, 3.8) is 0 Å². The summed E-state index contributed by atoms with van der Waals surface area (Å²) in [4.78, 5) is 80.3. The number of aliphatic carboxylic acids is 2. The third-order valence-electron chi connectivity index (χ3n) is 7.52. The number of unbranched alkanes of at least 4 members (excludes halogenated alkanes) is 1. The number of hydrogen-bond donors (Lipinski definition) is 10. The summed E-state index contributed by atoms with van der Waals surface area (Å²) in [6, 6.07) is 0.683. The molecule has 14 N–H and O–H groups in total. The van der Waals surface area contributed by atoms with Crippen molar-refractivity contribution in [1.82, 2.24) is 16.0 Å². The molecule has 0 heterocycles. The van der Waals surface area contributed by atoms with Crippen molar-refractivity contribution < 1.29 is 44.1 Å². The average molecular weight is 679 g/mol. The Kier molecular flexibility index (Phi) is 18.2. The number of ketones is 1.